The third-order valence-electron chi connectivity index (χ3n) is 11.0. The van der Waals surface area contributed by atoms with Crippen molar-refractivity contribution >= 4 is 116 Å². The molecule has 1 aromatic carbocycles. The van der Waals surface area contributed by atoms with Crippen LogP contribution >= 0.6 is 21.6 Å². The molecule has 0 saturated carbocycles. The van der Waals surface area contributed by atoms with Crippen LogP contribution in [0.3, 0.4) is 0 Å². The quantitative estimate of drug-likeness (QED) is 0.00956. The van der Waals surface area contributed by atoms with Gasteiger partial charge in [0.2, 0.25) is 41.4 Å². The first-order chi connectivity index (χ1) is 38.9. The van der Waals surface area contributed by atoms with Crippen LogP contribution in [0, 0.1) is 5.41 Å². The predicted molar refractivity (Wildman–Crippen MR) is 291 cm³/mol. The second-order valence-corrected chi connectivity index (χ2v) is 20.0. The number of nitrogen functional groups attached to an aromatic ring is 1. The molecule has 0 unspecified atom stereocenters. The van der Waals surface area contributed by atoms with E-state index in [4.69, 9.17) is 22.0 Å². The third kappa shape index (κ3) is 23.0. The molecule has 0 aliphatic heterocycles. The number of hydrogen-bond donors (Lipinski definition) is 17. The SMILES string of the molecule is C[C@H](CCC(=O)N[C@@H](CC(=O)O)C(=O)N[C@@H](CCCNC(=N)N)C(=O)N[C@@H](CC(=O)O)C(=O)N[C@@H](CC(=O)O)C(=O)N[C@H](CSSc1ccccn1)C(=O)NCC(=O)O)NC(=O)c1ccc(NCc2cnc3nc(N)[nH]c(=O)c3n2)cc1. The van der Waals surface area contributed by atoms with Crippen LogP contribution < -0.4 is 64.9 Å². The number of carboxylic acid groups (broad SMARTS) is 4. The highest BCUT2D eigenvalue weighted by Crippen LogP contribution is 2.29. The normalized spacial score (nSPS) is 13.0. The van der Waals surface area contributed by atoms with Gasteiger partial charge in [-0.15, -0.1) is 0 Å². The monoisotopic (exact) mass is 1180 g/mol. The summed E-state index contributed by atoms with van der Waals surface area (Å²) in [6.07, 6.45) is -1.24. The molecule has 19 N–H and O–H groups in total. The molecule has 0 aliphatic carbocycles. The van der Waals surface area contributed by atoms with Crippen molar-refractivity contribution in [3.8, 4) is 0 Å². The number of benzene rings is 1. The van der Waals surface area contributed by atoms with Crippen LogP contribution in [-0.4, -0.2) is 172 Å². The van der Waals surface area contributed by atoms with Crippen LogP contribution in [0.5, 0.6) is 0 Å². The van der Waals surface area contributed by atoms with Gasteiger partial charge in [-0.05, 0) is 73.4 Å². The van der Waals surface area contributed by atoms with Gasteiger partial charge in [-0.2, -0.15) is 4.98 Å². The molecule has 0 spiro atoms. The maximum absolute atomic E-state index is 13.9. The molecule has 0 saturated heterocycles. The van der Waals surface area contributed by atoms with Gasteiger partial charge in [0.1, 0.15) is 41.8 Å². The van der Waals surface area contributed by atoms with E-state index in [1.165, 1.54) is 24.5 Å². The molecule has 7 amide bonds. The predicted octanol–water partition coefficient (Wildman–Crippen LogP) is -3.05. The maximum atomic E-state index is 13.9. The summed E-state index contributed by atoms with van der Waals surface area (Å²) in [4.78, 5) is 172. The number of amides is 7. The smallest absolute Gasteiger partial charge is 0.322 e. The first-order valence-corrected chi connectivity index (χ1v) is 26.8. The molecule has 35 heteroatoms. The van der Waals surface area contributed by atoms with Crippen LogP contribution in [-0.2, 0) is 54.5 Å². The number of aliphatic carboxylic acids is 4. The highest BCUT2D eigenvalue weighted by atomic mass is 33.1. The zero-order valence-electron chi connectivity index (χ0n) is 43.4. The summed E-state index contributed by atoms with van der Waals surface area (Å²) in [6.45, 7) is 0.797. The number of nitrogens with zero attached hydrogens (tertiary/aromatic N) is 4. The number of pyridine rings is 1. The Labute approximate surface area is 471 Å². The fourth-order valence-corrected chi connectivity index (χ4v) is 9.12. The topological polar surface area (TPSA) is 537 Å². The van der Waals surface area contributed by atoms with Crippen molar-refractivity contribution in [2.75, 3.05) is 29.9 Å². The molecule has 0 aliphatic rings. The number of H-pyrrole nitrogens is 1. The molecule has 0 fully saturated rings. The Kier molecular flexibility index (Phi) is 25.6. The summed E-state index contributed by atoms with van der Waals surface area (Å²) >= 11 is 0. The van der Waals surface area contributed by atoms with E-state index >= 15 is 0 Å². The molecule has 6 atom stereocenters. The zero-order valence-corrected chi connectivity index (χ0v) is 45.0. The van der Waals surface area contributed by atoms with Crippen LogP contribution in [0.4, 0.5) is 11.6 Å². The molecule has 33 nitrogen and oxygen atoms in total. The largest absolute Gasteiger partial charge is 0.481 e. The van der Waals surface area contributed by atoms with E-state index in [1.54, 1.807) is 37.3 Å². The van der Waals surface area contributed by atoms with Crippen LogP contribution in [0.25, 0.3) is 11.2 Å². The lowest BCUT2D eigenvalue weighted by Gasteiger charge is -2.26. The van der Waals surface area contributed by atoms with Crippen LogP contribution in [0.1, 0.15) is 67.9 Å². The number of guanidine groups is 1. The van der Waals surface area contributed by atoms with Gasteiger partial charge in [-0.3, -0.25) is 67.9 Å². The van der Waals surface area contributed by atoms with Gasteiger partial charge in [-0.25, -0.2) is 15.0 Å². The van der Waals surface area contributed by atoms with Gasteiger partial charge in [-0.1, -0.05) is 16.9 Å². The Hall–Kier alpha value is -9.67. The van der Waals surface area contributed by atoms with Gasteiger partial charge in [0.25, 0.3) is 11.5 Å². The standard InChI is InChI=1S/C47H59N17O16S2/c1-22(56-39(74)23-8-10-24(11-9-23)53-18-25-19-54-38-37(57-25)45(80)64-47(50)63-38)7-12-31(65)58-27(15-33(66)67)42(77)59-26(5-4-14-52-46(48)49)41(76)60-28(16-34(68)69)43(78)61-29(17-35(70)71)44(79)62-30(40(75)55-20-36(72)73)21-81-82-32-6-2-3-13-51-32/h2-3,6,8-11,13,19,22,26-30,53H,4-5,7,12,14-18,20-21H2,1H3,(H,55,75)(H,56,74)(H,58,65)(H,59,77)(H,60,76)(H,61,78)(H,62,79)(H,66,67)(H,68,69)(H,70,71)(H,72,73)(H4,48,49,52)(H3,50,54,63,64,80)/t22-,26+,27+,28+,29+,30-/m1/s1. The number of nitrogens with two attached hydrogens (primary N) is 2. The Morgan fingerprint density at radius 1 is 0.683 bits per heavy atom. The summed E-state index contributed by atoms with van der Waals surface area (Å²) in [5.41, 5.74) is 11.7. The summed E-state index contributed by atoms with van der Waals surface area (Å²) in [6, 6.07) is 1.31. The molecule has 3 aromatic heterocycles. The molecular formula is C47H59N17O16S2. The fraction of sp³-hybridized carbons (Fsp3) is 0.383. The Balaban J connectivity index is 1.40. The number of nitrogens with one attached hydrogen (secondary N) is 11. The molecule has 4 aromatic rings. The summed E-state index contributed by atoms with van der Waals surface area (Å²) in [7, 11) is 2.07. The highest BCUT2D eigenvalue weighted by Gasteiger charge is 2.35. The van der Waals surface area contributed by atoms with Crippen molar-refractivity contribution in [2.24, 2.45) is 5.73 Å². The van der Waals surface area contributed by atoms with E-state index in [-0.39, 0.29) is 67.2 Å². The lowest BCUT2D eigenvalue weighted by atomic mass is 10.1. The number of aromatic nitrogens is 5. The minimum atomic E-state index is -2.10. The van der Waals surface area contributed by atoms with Gasteiger partial charge >= 0.3 is 23.9 Å². The first kappa shape index (κ1) is 64.9. The summed E-state index contributed by atoms with van der Waals surface area (Å²) in [5.74, 6) is -14.8. The average Bonchev–Trinajstić information content (AvgIpc) is 3.41. The molecule has 4 rings (SSSR count). The minimum Gasteiger partial charge on any atom is -0.481 e. The number of anilines is 2. The average molecular weight is 1180 g/mol. The van der Waals surface area contributed by atoms with E-state index in [1.807, 2.05) is 0 Å². The molecule has 82 heavy (non-hydrogen) atoms. The molecule has 440 valence electrons. The van der Waals surface area contributed by atoms with E-state index in [0.29, 0.717) is 16.4 Å². The van der Waals surface area contributed by atoms with Gasteiger partial charge < -0.3 is 79.7 Å². The Morgan fingerprint density at radius 3 is 1.84 bits per heavy atom. The van der Waals surface area contributed by atoms with Gasteiger partial charge in [0.15, 0.2) is 17.1 Å². The summed E-state index contributed by atoms with van der Waals surface area (Å²) in [5, 5.41) is 67.5. The second kappa shape index (κ2) is 32.4. The number of carboxylic acids is 4. The maximum Gasteiger partial charge on any atom is 0.322 e. The Morgan fingerprint density at radius 2 is 1.27 bits per heavy atom. The summed E-state index contributed by atoms with van der Waals surface area (Å²) < 4.78 is 0. The number of hydrogen-bond acceptors (Lipinski definition) is 21. The van der Waals surface area contributed by atoms with Crippen molar-refractivity contribution in [3.05, 3.63) is 76.5 Å². The van der Waals surface area contributed by atoms with E-state index in [0.717, 1.165) is 21.6 Å². The lowest BCUT2D eigenvalue weighted by molar-refractivity contribution is -0.143. The van der Waals surface area contributed by atoms with Gasteiger partial charge in [0.05, 0.1) is 37.7 Å². The van der Waals surface area contributed by atoms with E-state index < -0.39 is 139 Å². The zero-order chi connectivity index (χ0) is 60.5. The minimum absolute atomic E-state index is 0.000908. The van der Waals surface area contributed by atoms with E-state index in [2.05, 4.69) is 72.8 Å². The number of fused-ring (bicyclic) bond motifs is 1. The van der Waals surface area contributed by atoms with Crippen molar-refractivity contribution < 1.29 is 73.2 Å². The van der Waals surface area contributed by atoms with Crippen molar-refractivity contribution in [1.82, 2.24) is 67.5 Å². The van der Waals surface area contributed by atoms with Crippen molar-refractivity contribution in [3.63, 3.8) is 0 Å². The first-order valence-electron chi connectivity index (χ1n) is 24.5. The third-order valence-corrected chi connectivity index (χ3v) is 13.3. The second-order valence-electron chi connectivity index (χ2n) is 17.6. The molecule has 3 heterocycles. The van der Waals surface area contributed by atoms with Crippen LogP contribution in [0.2, 0.25) is 0 Å². The number of aromatic amines is 1. The highest BCUT2D eigenvalue weighted by molar-refractivity contribution is 8.76. The van der Waals surface area contributed by atoms with Crippen LogP contribution in [0.15, 0.2) is 64.7 Å². The molecule has 0 bridgehead atoms. The van der Waals surface area contributed by atoms with Crippen molar-refractivity contribution in [1.29, 1.82) is 5.41 Å². The fourth-order valence-electron chi connectivity index (χ4n) is 7.05. The Bertz CT molecular complexity index is 3050. The number of rotatable bonds is 34. The van der Waals surface area contributed by atoms with E-state index in [9.17, 15) is 72.9 Å². The number of carbonyl (C=O) groups is 11. The molecule has 0 radical (unpaired) electrons. The van der Waals surface area contributed by atoms with Gasteiger partial charge in [0, 0.05) is 42.2 Å². The lowest BCUT2D eigenvalue weighted by Crippen LogP contribution is -2.60. The number of carbonyl (C=O) groups excluding carboxylic acids is 7. The molecular weight excluding hydrogens is 1120 g/mol. The van der Waals surface area contributed by atoms with Crippen molar-refractivity contribution in [2.45, 2.75) is 99.7 Å².